The van der Waals surface area contributed by atoms with Gasteiger partial charge in [-0.05, 0) is 56.8 Å². The molecular weight excluding hydrogens is 334 g/mol. The number of aromatic nitrogens is 2. The lowest BCUT2D eigenvalue weighted by atomic mass is 10.1. The molecule has 2 aromatic carbocycles. The Balaban J connectivity index is 1.83. The van der Waals surface area contributed by atoms with E-state index in [2.05, 4.69) is 71.8 Å². The third-order valence-electron chi connectivity index (χ3n) is 4.93. The number of hydrogen-bond acceptors (Lipinski definition) is 3. The van der Waals surface area contributed by atoms with Gasteiger partial charge in [0.05, 0.1) is 17.1 Å². The number of imidazole rings is 1. The molecule has 0 bridgehead atoms. The van der Waals surface area contributed by atoms with E-state index in [9.17, 15) is 0 Å². The minimum Gasteiger partial charge on any atom is -0.491 e. The van der Waals surface area contributed by atoms with E-state index < -0.39 is 0 Å². The predicted molar refractivity (Wildman–Crippen MR) is 113 cm³/mol. The fourth-order valence-corrected chi connectivity index (χ4v) is 3.43. The molecule has 0 aliphatic heterocycles. The van der Waals surface area contributed by atoms with Crippen molar-refractivity contribution in [1.29, 1.82) is 0 Å². The average Bonchev–Trinajstić information content (AvgIpc) is 3.01. The summed E-state index contributed by atoms with van der Waals surface area (Å²) in [6.07, 6.45) is 1.02. The van der Waals surface area contributed by atoms with Crippen molar-refractivity contribution < 1.29 is 4.74 Å². The van der Waals surface area contributed by atoms with E-state index in [-0.39, 0.29) is 6.10 Å². The van der Waals surface area contributed by atoms with Gasteiger partial charge in [-0.3, -0.25) is 0 Å². The number of nitrogens with zero attached hydrogens (tertiary/aromatic N) is 3. The fraction of sp³-hybridized carbons (Fsp3) is 0.435. The minimum absolute atomic E-state index is 0.195. The van der Waals surface area contributed by atoms with Gasteiger partial charge in [0.15, 0.2) is 0 Å². The first-order chi connectivity index (χ1) is 13.1. The molecule has 27 heavy (non-hydrogen) atoms. The van der Waals surface area contributed by atoms with E-state index in [1.54, 1.807) is 0 Å². The van der Waals surface area contributed by atoms with Gasteiger partial charge in [-0.2, -0.15) is 0 Å². The highest BCUT2D eigenvalue weighted by Crippen LogP contribution is 2.20. The van der Waals surface area contributed by atoms with Gasteiger partial charge in [-0.1, -0.05) is 38.1 Å². The van der Waals surface area contributed by atoms with Crippen molar-refractivity contribution in [3.63, 3.8) is 0 Å². The summed E-state index contributed by atoms with van der Waals surface area (Å²) in [6, 6.07) is 16.8. The van der Waals surface area contributed by atoms with Crippen molar-refractivity contribution in [3.05, 3.63) is 59.9 Å². The van der Waals surface area contributed by atoms with Crippen LogP contribution in [-0.2, 0) is 13.0 Å². The summed E-state index contributed by atoms with van der Waals surface area (Å²) in [7, 11) is 0. The second-order valence-corrected chi connectivity index (χ2v) is 7.18. The third kappa shape index (κ3) is 4.89. The van der Waals surface area contributed by atoms with Crippen LogP contribution in [0.3, 0.4) is 0 Å². The minimum atomic E-state index is 0.195. The van der Waals surface area contributed by atoms with Crippen molar-refractivity contribution in [2.24, 2.45) is 0 Å². The fourth-order valence-electron chi connectivity index (χ4n) is 3.43. The van der Waals surface area contributed by atoms with Crippen molar-refractivity contribution >= 4 is 11.0 Å². The first-order valence-corrected chi connectivity index (χ1v) is 10.0. The van der Waals surface area contributed by atoms with Gasteiger partial charge in [0.2, 0.25) is 0 Å². The maximum absolute atomic E-state index is 5.75. The van der Waals surface area contributed by atoms with Crippen molar-refractivity contribution in [3.8, 4) is 5.75 Å². The summed E-state index contributed by atoms with van der Waals surface area (Å²) in [5.41, 5.74) is 3.55. The standard InChI is InChI=1S/C23H31N3O/c1-5-25(6-2)15-16-26-22-10-8-7-9-21(22)24-23(26)17-19-11-13-20(14-12-19)27-18(3)4/h7-14,18H,5-6,15-17H2,1-4H3. The van der Waals surface area contributed by atoms with Gasteiger partial charge < -0.3 is 14.2 Å². The summed E-state index contributed by atoms with van der Waals surface area (Å²) < 4.78 is 8.14. The second-order valence-electron chi connectivity index (χ2n) is 7.18. The van der Waals surface area contributed by atoms with Gasteiger partial charge in [0.25, 0.3) is 0 Å². The summed E-state index contributed by atoms with van der Waals surface area (Å²) in [4.78, 5) is 7.38. The van der Waals surface area contributed by atoms with Crippen LogP contribution < -0.4 is 4.74 Å². The molecule has 0 N–H and O–H groups in total. The van der Waals surface area contributed by atoms with Crippen LogP contribution in [0.4, 0.5) is 0 Å². The van der Waals surface area contributed by atoms with E-state index in [0.717, 1.165) is 49.7 Å². The number of ether oxygens (including phenoxy) is 1. The SMILES string of the molecule is CCN(CC)CCn1c(Cc2ccc(OC(C)C)cc2)nc2ccccc21. The summed E-state index contributed by atoms with van der Waals surface area (Å²) in [5, 5.41) is 0. The molecule has 1 heterocycles. The quantitative estimate of drug-likeness (QED) is 0.548. The Hall–Kier alpha value is -2.33. The Labute approximate surface area is 162 Å². The van der Waals surface area contributed by atoms with E-state index in [1.165, 1.54) is 11.1 Å². The molecule has 0 unspecified atom stereocenters. The van der Waals surface area contributed by atoms with Gasteiger partial charge in [-0.25, -0.2) is 4.98 Å². The monoisotopic (exact) mass is 365 g/mol. The molecule has 0 fully saturated rings. The van der Waals surface area contributed by atoms with Crippen LogP contribution in [0.1, 0.15) is 39.1 Å². The molecule has 4 nitrogen and oxygen atoms in total. The van der Waals surface area contributed by atoms with Crippen molar-refractivity contribution in [2.75, 3.05) is 19.6 Å². The van der Waals surface area contributed by atoms with Gasteiger partial charge in [0.1, 0.15) is 11.6 Å². The molecule has 3 rings (SSSR count). The highest BCUT2D eigenvalue weighted by atomic mass is 16.5. The highest BCUT2D eigenvalue weighted by Gasteiger charge is 2.12. The summed E-state index contributed by atoms with van der Waals surface area (Å²) >= 11 is 0. The predicted octanol–water partition coefficient (Wildman–Crippen LogP) is 4.76. The van der Waals surface area contributed by atoms with Crippen molar-refractivity contribution in [1.82, 2.24) is 14.5 Å². The molecule has 0 saturated carbocycles. The molecule has 4 heteroatoms. The van der Waals surface area contributed by atoms with Crippen LogP contribution in [0, 0.1) is 0 Å². The number of hydrogen-bond donors (Lipinski definition) is 0. The maximum atomic E-state index is 5.75. The number of likely N-dealkylation sites (N-methyl/N-ethyl adjacent to an activating group) is 1. The molecule has 0 spiro atoms. The Morgan fingerprint density at radius 2 is 1.70 bits per heavy atom. The molecule has 0 saturated heterocycles. The zero-order valence-electron chi connectivity index (χ0n) is 17.0. The molecule has 0 aliphatic carbocycles. The van der Waals surface area contributed by atoms with Crippen LogP contribution in [0.2, 0.25) is 0 Å². The molecule has 0 atom stereocenters. The highest BCUT2D eigenvalue weighted by molar-refractivity contribution is 5.76. The second kappa shape index (κ2) is 9.05. The van der Waals surface area contributed by atoms with Gasteiger partial charge >= 0.3 is 0 Å². The Kier molecular flexibility index (Phi) is 6.51. The summed E-state index contributed by atoms with van der Waals surface area (Å²) in [5.74, 6) is 2.05. The Bertz CT molecular complexity index is 848. The van der Waals surface area contributed by atoms with E-state index in [4.69, 9.17) is 9.72 Å². The van der Waals surface area contributed by atoms with Crippen LogP contribution in [0.15, 0.2) is 48.5 Å². The smallest absolute Gasteiger partial charge is 0.119 e. The maximum Gasteiger partial charge on any atom is 0.119 e. The van der Waals surface area contributed by atoms with Gasteiger partial charge in [0, 0.05) is 19.5 Å². The van der Waals surface area contributed by atoms with Gasteiger partial charge in [-0.15, -0.1) is 0 Å². The molecule has 144 valence electrons. The molecule has 1 aromatic heterocycles. The molecule has 0 aliphatic rings. The first-order valence-electron chi connectivity index (χ1n) is 10.0. The topological polar surface area (TPSA) is 30.3 Å². The number of rotatable bonds is 9. The first kappa shape index (κ1) is 19.4. The lowest BCUT2D eigenvalue weighted by Gasteiger charge is -2.19. The van der Waals surface area contributed by atoms with E-state index in [0.29, 0.717) is 0 Å². The van der Waals surface area contributed by atoms with E-state index in [1.807, 2.05) is 13.8 Å². The number of fused-ring (bicyclic) bond motifs is 1. The normalized spacial score (nSPS) is 11.6. The zero-order valence-corrected chi connectivity index (χ0v) is 17.0. The van der Waals surface area contributed by atoms with Crippen LogP contribution in [-0.4, -0.2) is 40.2 Å². The number of para-hydroxylation sites is 2. The van der Waals surface area contributed by atoms with Crippen LogP contribution >= 0.6 is 0 Å². The lowest BCUT2D eigenvalue weighted by Crippen LogP contribution is -2.27. The Morgan fingerprint density at radius 1 is 1.00 bits per heavy atom. The zero-order chi connectivity index (χ0) is 19.2. The molecule has 3 aromatic rings. The molecular formula is C23H31N3O. The van der Waals surface area contributed by atoms with Crippen LogP contribution in [0.5, 0.6) is 5.75 Å². The summed E-state index contributed by atoms with van der Waals surface area (Å²) in [6.45, 7) is 12.7. The largest absolute Gasteiger partial charge is 0.491 e. The number of benzene rings is 2. The molecule has 0 radical (unpaired) electrons. The van der Waals surface area contributed by atoms with Crippen LogP contribution in [0.25, 0.3) is 11.0 Å². The lowest BCUT2D eigenvalue weighted by molar-refractivity contribution is 0.242. The Morgan fingerprint density at radius 3 is 2.37 bits per heavy atom. The third-order valence-corrected chi connectivity index (χ3v) is 4.93. The van der Waals surface area contributed by atoms with Crippen molar-refractivity contribution in [2.45, 2.75) is 46.8 Å². The molecule has 0 amide bonds. The average molecular weight is 366 g/mol. The van der Waals surface area contributed by atoms with E-state index >= 15 is 0 Å².